The molecule has 1 aliphatic rings. The number of ether oxygens (including phenoxy) is 1. The smallest absolute Gasteiger partial charge is 0.324 e. The molecule has 6 nitrogen and oxygen atoms in total. The van der Waals surface area contributed by atoms with Gasteiger partial charge in [-0.3, -0.25) is 4.79 Å². The highest BCUT2D eigenvalue weighted by Gasteiger charge is 2.55. The molecule has 1 fully saturated rings. The molecule has 1 heterocycles. The summed E-state index contributed by atoms with van der Waals surface area (Å²) < 4.78 is 32.3. The van der Waals surface area contributed by atoms with E-state index in [9.17, 15) is 18.3 Å². The molecule has 8 heteroatoms. The van der Waals surface area contributed by atoms with Crippen molar-refractivity contribution in [3.8, 4) is 5.06 Å². The Balaban J connectivity index is 2.21. The van der Waals surface area contributed by atoms with Crippen molar-refractivity contribution in [1.29, 1.82) is 0 Å². The molecule has 0 amide bonds. The third-order valence-electron chi connectivity index (χ3n) is 4.18. The van der Waals surface area contributed by atoms with Crippen LogP contribution in [0.25, 0.3) is 0 Å². The number of rotatable bonds is 5. The molecule has 0 aromatic carbocycles. The van der Waals surface area contributed by atoms with E-state index in [0.717, 1.165) is 11.3 Å². The summed E-state index contributed by atoms with van der Waals surface area (Å²) in [6, 6.07) is 2.96. The number of carboxylic acids is 1. The fourth-order valence-electron chi connectivity index (χ4n) is 2.56. The van der Waals surface area contributed by atoms with Gasteiger partial charge in [-0.05, 0) is 36.3 Å². The van der Waals surface area contributed by atoms with E-state index in [1.54, 1.807) is 6.07 Å². The van der Waals surface area contributed by atoms with Gasteiger partial charge in [-0.15, -0.1) is 0 Å². The van der Waals surface area contributed by atoms with Gasteiger partial charge in [0.1, 0.15) is 9.75 Å². The maximum absolute atomic E-state index is 12.4. The van der Waals surface area contributed by atoms with Crippen molar-refractivity contribution in [1.82, 2.24) is 4.72 Å². The van der Waals surface area contributed by atoms with E-state index in [4.69, 9.17) is 4.74 Å². The molecule has 0 unspecified atom stereocenters. The average Bonchev–Trinajstić information content (AvgIpc) is 2.80. The third kappa shape index (κ3) is 3.13. The van der Waals surface area contributed by atoms with Crippen molar-refractivity contribution in [2.24, 2.45) is 11.3 Å². The predicted molar refractivity (Wildman–Crippen MR) is 83.7 cm³/mol. The van der Waals surface area contributed by atoms with Gasteiger partial charge >= 0.3 is 5.97 Å². The highest BCUT2D eigenvalue weighted by Crippen LogP contribution is 2.48. The number of carbonyl (C=O) groups is 1. The van der Waals surface area contributed by atoms with Crippen molar-refractivity contribution in [3.63, 3.8) is 0 Å². The lowest BCUT2D eigenvalue weighted by molar-refractivity contribution is -0.152. The van der Waals surface area contributed by atoms with Crippen LogP contribution >= 0.6 is 11.3 Å². The summed E-state index contributed by atoms with van der Waals surface area (Å²) in [4.78, 5) is 11.6. The molecular weight excluding hydrogens is 326 g/mol. The molecule has 0 aliphatic heterocycles. The zero-order valence-corrected chi connectivity index (χ0v) is 14.7. The van der Waals surface area contributed by atoms with Gasteiger partial charge in [0, 0.05) is 0 Å². The molecule has 1 saturated carbocycles. The quantitative estimate of drug-likeness (QED) is 0.853. The number of thiophene rings is 1. The first-order chi connectivity index (χ1) is 10.00. The largest absolute Gasteiger partial charge is 0.487 e. The Hall–Kier alpha value is -1.12. The highest BCUT2D eigenvalue weighted by molar-refractivity contribution is 7.91. The van der Waals surface area contributed by atoms with Crippen LogP contribution < -0.4 is 9.46 Å². The van der Waals surface area contributed by atoms with E-state index in [1.807, 2.05) is 20.8 Å². The van der Waals surface area contributed by atoms with Crippen LogP contribution in [-0.2, 0) is 14.8 Å². The summed E-state index contributed by atoms with van der Waals surface area (Å²) in [6.45, 7) is 6.09. The van der Waals surface area contributed by atoms with Gasteiger partial charge in [0.2, 0.25) is 0 Å². The first-order valence-electron chi connectivity index (χ1n) is 6.91. The minimum Gasteiger partial charge on any atom is -0.487 e. The molecular formula is C14H21NO5S2. The van der Waals surface area contributed by atoms with Gasteiger partial charge in [0.05, 0.1) is 7.11 Å². The number of hydrogen-bond donors (Lipinski definition) is 2. The number of hydrogen-bond acceptors (Lipinski definition) is 5. The molecule has 0 spiro atoms. The number of carboxylic acid groups (broad SMARTS) is 1. The third-order valence-corrected chi connectivity index (χ3v) is 7.25. The fraction of sp³-hybridized carbons (Fsp3) is 0.643. The van der Waals surface area contributed by atoms with Crippen molar-refractivity contribution in [2.75, 3.05) is 7.11 Å². The molecule has 2 rings (SSSR count). The summed E-state index contributed by atoms with van der Waals surface area (Å²) in [5.74, 6) is -0.954. The van der Waals surface area contributed by atoms with Gasteiger partial charge in [-0.2, -0.15) is 4.72 Å². The van der Waals surface area contributed by atoms with E-state index >= 15 is 0 Å². The van der Waals surface area contributed by atoms with E-state index in [0.29, 0.717) is 17.9 Å². The molecule has 1 aromatic heterocycles. The number of nitrogens with one attached hydrogen (secondary N) is 1. The summed E-state index contributed by atoms with van der Waals surface area (Å²) in [7, 11) is -2.42. The van der Waals surface area contributed by atoms with Crippen LogP contribution in [0, 0.1) is 11.3 Å². The van der Waals surface area contributed by atoms with Crippen LogP contribution in [0.2, 0.25) is 0 Å². The Labute approximate surface area is 134 Å². The normalized spacial score (nSPS) is 25.5. The molecule has 2 N–H and O–H groups in total. The van der Waals surface area contributed by atoms with E-state index < -0.39 is 21.5 Å². The molecule has 1 aliphatic carbocycles. The van der Waals surface area contributed by atoms with Crippen molar-refractivity contribution >= 4 is 27.3 Å². The van der Waals surface area contributed by atoms with Crippen molar-refractivity contribution in [3.05, 3.63) is 12.1 Å². The molecule has 0 bridgehead atoms. The minimum absolute atomic E-state index is 0.0451. The van der Waals surface area contributed by atoms with Gasteiger partial charge in [0.15, 0.2) is 5.06 Å². The van der Waals surface area contributed by atoms with Gasteiger partial charge in [0.25, 0.3) is 10.0 Å². The Kier molecular flexibility index (Phi) is 4.31. The summed E-state index contributed by atoms with van der Waals surface area (Å²) in [5.41, 5.74) is -1.45. The SMILES string of the molecule is COc1ccc(S(=O)(=O)NC2(C(=O)O)CC(C(C)(C)C)C2)s1. The van der Waals surface area contributed by atoms with Gasteiger partial charge < -0.3 is 9.84 Å². The maximum Gasteiger partial charge on any atom is 0.324 e. The standard InChI is InChI=1S/C14H21NO5S2/c1-13(2,3)9-7-14(8-9,12(16)17)15-22(18,19)11-6-5-10(20-4)21-11/h5-6,9,15H,7-8H2,1-4H3,(H,16,17). The minimum atomic E-state index is -3.87. The topological polar surface area (TPSA) is 92.7 Å². The molecule has 0 atom stereocenters. The van der Waals surface area contributed by atoms with Crippen LogP contribution in [0.3, 0.4) is 0 Å². The lowest BCUT2D eigenvalue weighted by atomic mass is 9.59. The predicted octanol–water partition coefficient (Wildman–Crippen LogP) is 2.31. The Morgan fingerprint density at radius 1 is 1.41 bits per heavy atom. The zero-order valence-electron chi connectivity index (χ0n) is 13.0. The molecule has 22 heavy (non-hydrogen) atoms. The Morgan fingerprint density at radius 3 is 2.41 bits per heavy atom. The van der Waals surface area contributed by atoms with Crippen molar-refractivity contribution < 1.29 is 23.1 Å². The second kappa shape index (κ2) is 5.50. The van der Waals surface area contributed by atoms with E-state index in [2.05, 4.69) is 4.72 Å². The maximum atomic E-state index is 12.4. The first kappa shape index (κ1) is 17.2. The molecule has 1 aromatic rings. The van der Waals surface area contributed by atoms with Crippen LogP contribution in [0.1, 0.15) is 33.6 Å². The van der Waals surface area contributed by atoms with Gasteiger partial charge in [-0.25, -0.2) is 8.42 Å². The zero-order chi connectivity index (χ0) is 16.8. The summed E-state index contributed by atoms with van der Waals surface area (Å²) in [5, 5.41) is 9.94. The monoisotopic (exact) mass is 347 g/mol. The lowest BCUT2D eigenvalue weighted by Crippen LogP contribution is -2.64. The Morgan fingerprint density at radius 2 is 2.00 bits per heavy atom. The van der Waals surface area contributed by atoms with E-state index in [-0.39, 0.29) is 15.5 Å². The molecule has 0 radical (unpaired) electrons. The molecule has 0 saturated heterocycles. The fourth-order valence-corrected chi connectivity index (χ4v) is 5.04. The first-order valence-corrected chi connectivity index (χ1v) is 9.21. The second-order valence-corrected chi connectivity index (χ2v) is 9.70. The van der Waals surface area contributed by atoms with Crippen LogP contribution in [0.4, 0.5) is 0 Å². The highest BCUT2D eigenvalue weighted by atomic mass is 32.2. The van der Waals surface area contributed by atoms with Crippen LogP contribution in [0.5, 0.6) is 5.06 Å². The van der Waals surface area contributed by atoms with Crippen LogP contribution in [-0.4, -0.2) is 32.1 Å². The number of methoxy groups -OCH3 is 1. The van der Waals surface area contributed by atoms with Gasteiger partial charge in [-0.1, -0.05) is 32.1 Å². The lowest BCUT2D eigenvalue weighted by Gasteiger charge is -2.49. The second-order valence-electron chi connectivity index (χ2n) is 6.74. The van der Waals surface area contributed by atoms with Crippen molar-refractivity contribution in [2.45, 2.75) is 43.4 Å². The Bertz CT molecular complexity index is 666. The average molecular weight is 347 g/mol. The van der Waals surface area contributed by atoms with Crippen LogP contribution in [0.15, 0.2) is 16.3 Å². The summed E-state index contributed by atoms with van der Waals surface area (Å²) in [6.07, 6.45) is 0.598. The number of sulfonamides is 1. The molecule has 124 valence electrons. The number of aliphatic carboxylic acids is 1. The van der Waals surface area contributed by atoms with E-state index in [1.165, 1.54) is 13.2 Å². The summed E-state index contributed by atoms with van der Waals surface area (Å²) >= 11 is 0.968.